The Labute approximate surface area is 124 Å². The highest BCUT2D eigenvalue weighted by atomic mass is 16.5. The number of aromatic nitrogens is 4. The number of hydrogen-bond donors (Lipinski definition) is 1. The van der Waals surface area contributed by atoms with Gasteiger partial charge >= 0.3 is 0 Å². The van der Waals surface area contributed by atoms with Crippen LogP contribution in [0.5, 0.6) is 0 Å². The molecule has 21 heavy (non-hydrogen) atoms. The fourth-order valence-corrected chi connectivity index (χ4v) is 2.42. The van der Waals surface area contributed by atoms with Crippen LogP contribution >= 0.6 is 0 Å². The fourth-order valence-electron chi connectivity index (χ4n) is 2.42. The highest BCUT2D eigenvalue weighted by Gasteiger charge is 2.35. The fraction of sp³-hybridized carbons (Fsp3) is 0.533. The Hall–Kier alpha value is -1.95. The van der Waals surface area contributed by atoms with Gasteiger partial charge in [-0.2, -0.15) is 5.10 Å². The van der Waals surface area contributed by atoms with Crippen molar-refractivity contribution in [2.24, 2.45) is 13.0 Å². The van der Waals surface area contributed by atoms with E-state index in [2.05, 4.69) is 15.4 Å². The molecule has 1 atom stereocenters. The molecule has 0 radical (unpaired) electrons. The molecule has 1 N–H and O–H groups in total. The summed E-state index contributed by atoms with van der Waals surface area (Å²) in [4.78, 5) is 9.31. The van der Waals surface area contributed by atoms with Gasteiger partial charge in [-0.25, -0.2) is 9.97 Å². The Balaban J connectivity index is 1.99. The lowest BCUT2D eigenvalue weighted by Crippen LogP contribution is -2.12. The number of nitrogens with one attached hydrogen (secondary N) is 1. The molecule has 0 saturated heterocycles. The standard InChI is InChI=1S/C15H21N5O/c1-4-21-14(10-5-6-10)15-18-12(7-13(16-2)19-15)11-8-17-20(3)9-11/h7-10,14H,4-6H2,1-3H3,(H,16,18,19). The van der Waals surface area contributed by atoms with Crippen molar-refractivity contribution in [1.82, 2.24) is 19.7 Å². The third kappa shape index (κ3) is 3.05. The van der Waals surface area contributed by atoms with E-state index in [4.69, 9.17) is 9.72 Å². The first-order chi connectivity index (χ1) is 10.2. The molecule has 0 amide bonds. The van der Waals surface area contributed by atoms with Crippen LogP contribution in [0.1, 0.15) is 31.7 Å². The van der Waals surface area contributed by atoms with Crippen molar-refractivity contribution < 1.29 is 4.74 Å². The van der Waals surface area contributed by atoms with E-state index in [-0.39, 0.29) is 6.10 Å². The van der Waals surface area contributed by atoms with Gasteiger partial charge in [-0.15, -0.1) is 0 Å². The first-order valence-electron chi connectivity index (χ1n) is 7.38. The lowest BCUT2D eigenvalue weighted by molar-refractivity contribution is 0.0402. The normalized spacial score (nSPS) is 16.0. The Bertz CT molecular complexity index is 620. The highest BCUT2D eigenvalue weighted by Crippen LogP contribution is 2.42. The topological polar surface area (TPSA) is 64.9 Å². The molecule has 2 heterocycles. The van der Waals surface area contributed by atoms with E-state index < -0.39 is 0 Å². The van der Waals surface area contributed by atoms with Gasteiger partial charge in [0.25, 0.3) is 0 Å². The smallest absolute Gasteiger partial charge is 0.160 e. The van der Waals surface area contributed by atoms with Crippen LogP contribution in [0.2, 0.25) is 0 Å². The quantitative estimate of drug-likeness (QED) is 0.884. The number of nitrogens with zero attached hydrogens (tertiary/aromatic N) is 4. The Morgan fingerprint density at radius 2 is 2.24 bits per heavy atom. The van der Waals surface area contributed by atoms with Crippen molar-refractivity contribution in [2.45, 2.75) is 25.9 Å². The van der Waals surface area contributed by atoms with Crippen molar-refractivity contribution in [1.29, 1.82) is 0 Å². The molecule has 1 aliphatic carbocycles. The zero-order valence-electron chi connectivity index (χ0n) is 12.7. The van der Waals surface area contributed by atoms with Crippen molar-refractivity contribution in [3.8, 4) is 11.3 Å². The lowest BCUT2D eigenvalue weighted by Gasteiger charge is -2.16. The molecule has 6 heteroatoms. The van der Waals surface area contributed by atoms with Crippen LogP contribution in [-0.4, -0.2) is 33.4 Å². The van der Waals surface area contributed by atoms with E-state index in [9.17, 15) is 0 Å². The minimum absolute atomic E-state index is 0.00118. The largest absolute Gasteiger partial charge is 0.373 e. The second kappa shape index (κ2) is 5.81. The van der Waals surface area contributed by atoms with Gasteiger partial charge in [-0.05, 0) is 25.7 Å². The second-order valence-corrected chi connectivity index (χ2v) is 5.36. The summed E-state index contributed by atoms with van der Waals surface area (Å²) in [6.07, 6.45) is 6.16. The van der Waals surface area contributed by atoms with E-state index in [0.29, 0.717) is 12.5 Å². The molecule has 1 fully saturated rings. The number of anilines is 1. The second-order valence-electron chi connectivity index (χ2n) is 5.36. The van der Waals surface area contributed by atoms with Crippen molar-refractivity contribution in [3.05, 3.63) is 24.3 Å². The zero-order chi connectivity index (χ0) is 14.8. The average molecular weight is 287 g/mol. The first kappa shape index (κ1) is 14.0. The third-order valence-corrected chi connectivity index (χ3v) is 3.65. The minimum Gasteiger partial charge on any atom is -0.373 e. The Morgan fingerprint density at radius 1 is 1.43 bits per heavy atom. The summed E-state index contributed by atoms with van der Waals surface area (Å²) in [6, 6.07) is 1.94. The van der Waals surface area contributed by atoms with E-state index in [1.165, 1.54) is 12.8 Å². The predicted molar refractivity (Wildman–Crippen MR) is 80.9 cm³/mol. The number of ether oxygens (including phenoxy) is 1. The van der Waals surface area contributed by atoms with Crippen LogP contribution in [0.4, 0.5) is 5.82 Å². The van der Waals surface area contributed by atoms with Crippen molar-refractivity contribution >= 4 is 5.82 Å². The number of aryl methyl sites for hydroxylation is 1. The van der Waals surface area contributed by atoms with Gasteiger partial charge in [0.15, 0.2) is 5.82 Å². The molecule has 1 unspecified atom stereocenters. The summed E-state index contributed by atoms with van der Waals surface area (Å²) < 4.78 is 7.65. The van der Waals surface area contributed by atoms with Crippen LogP contribution in [0.3, 0.4) is 0 Å². The van der Waals surface area contributed by atoms with Gasteiger partial charge in [0.1, 0.15) is 11.9 Å². The van der Waals surface area contributed by atoms with E-state index >= 15 is 0 Å². The molecule has 0 aliphatic heterocycles. The van der Waals surface area contributed by atoms with Crippen LogP contribution in [-0.2, 0) is 11.8 Å². The van der Waals surface area contributed by atoms with Crippen molar-refractivity contribution in [2.75, 3.05) is 19.0 Å². The first-order valence-corrected chi connectivity index (χ1v) is 7.38. The van der Waals surface area contributed by atoms with Gasteiger partial charge in [0.2, 0.25) is 0 Å². The van der Waals surface area contributed by atoms with Gasteiger partial charge in [0, 0.05) is 38.5 Å². The minimum atomic E-state index is -0.00118. The Kier molecular flexibility index (Phi) is 3.88. The summed E-state index contributed by atoms with van der Waals surface area (Å²) in [5.41, 5.74) is 1.87. The van der Waals surface area contributed by atoms with Crippen LogP contribution in [0.15, 0.2) is 18.5 Å². The number of hydrogen-bond acceptors (Lipinski definition) is 5. The number of rotatable bonds is 6. The molecule has 6 nitrogen and oxygen atoms in total. The molecule has 1 saturated carbocycles. The maximum Gasteiger partial charge on any atom is 0.160 e. The summed E-state index contributed by atoms with van der Waals surface area (Å²) in [5.74, 6) is 2.13. The highest BCUT2D eigenvalue weighted by molar-refractivity contribution is 5.61. The third-order valence-electron chi connectivity index (χ3n) is 3.65. The van der Waals surface area contributed by atoms with Crippen LogP contribution < -0.4 is 5.32 Å². The molecule has 0 bridgehead atoms. The van der Waals surface area contributed by atoms with E-state index in [1.54, 1.807) is 4.68 Å². The molecule has 1 aliphatic rings. The maximum absolute atomic E-state index is 5.87. The summed E-state index contributed by atoms with van der Waals surface area (Å²) in [5, 5.41) is 7.32. The maximum atomic E-state index is 5.87. The molecule has 112 valence electrons. The van der Waals surface area contributed by atoms with Crippen LogP contribution in [0, 0.1) is 5.92 Å². The van der Waals surface area contributed by atoms with Gasteiger partial charge < -0.3 is 10.1 Å². The lowest BCUT2D eigenvalue weighted by atomic mass is 10.2. The van der Waals surface area contributed by atoms with Crippen molar-refractivity contribution in [3.63, 3.8) is 0 Å². The van der Waals surface area contributed by atoms with Crippen LogP contribution in [0.25, 0.3) is 11.3 Å². The molecule has 2 aromatic heterocycles. The molecule has 2 aromatic rings. The SMILES string of the molecule is CCOC(c1nc(NC)cc(-c2cnn(C)c2)n1)C1CC1. The monoisotopic (exact) mass is 287 g/mol. The van der Waals surface area contributed by atoms with E-state index in [1.807, 2.05) is 39.5 Å². The average Bonchev–Trinajstić information content (AvgIpc) is 3.25. The zero-order valence-corrected chi connectivity index (χ0v) is 12.7. The molecular formula is C15H21N5O. The van der Waals surface area contributed by atoms with E-state index in [0.717, 1.165) is 22.9 Å². The summed E-state index contributed by atoms with van der Waals surface area (Å²) in [7, 11) is 3.77. The Morgan fingerprint density at radius 3 is 2.81 bits per heavy atom. The molecular weight excluding hydrogens is 266 g/mol. The predicted octanol–water partition coefficient (Wildman–Crippen LogP) is 2.41. The molecule has 0 aromatic carbocycles. The molecule has 3 rings (SSSR count). The summed E-state index contributed by atoms with van der Waals surface area (Å²) in [6.45, 7) is 2.69. The summed E-state index contributed by atoms with van der Waals surface area (Å²) >= 11 is 0. The van der Waals surface area contributed by atoms with Gasteiger partial charge in [-0.1, -0.05) is 0 Å². The molecule has 0 spiro atoms. The van der Waals surface area contributed by atoms with Gasteiger partial charge in [-0.3, -0.25) is 4.68 Å². The van der Waals surface area contributed by atoms with Gasteiger partial charge in [0.05, 0.1) is 11.9 Å².